The molecule has 25 heavy (non-hydrogen) atoms. The molecule has 0 aliphatic carbocycles. The number of benzene rings is 3. The van der Waals surface area contributed by atoms with Crippen molar-refractivity contribution in [2.24, 2.45) is 0 Å². The van der Waals surface area contributed by atoms with Crippen molar-refractivity contribution in [2.75, 3.05) is 7.11 Å². The van der Waals surface area contributed by atoms with Crippen LogP contribution in [0.3, 0.4) is 0 Å². The molecule has 0 aliphatic rings. The van der Waals surface area contributed by atoms with Crippen LogP contribution in [0.15, 0.2) is 78.9 Å². The topological polar surface area (TPSA) is 39.9 Å². The zero-order chi connectivity index (χ0) is 17.1. The van der Waals surface area contributed by atoms with Crippen LogP contribution in [0.5, 0.6) is 5.75 Å². The number of aromatic nitrogens is 3. The average Bonchev–Trinajstić information content (AvgIpc) is 3.11. The summed E-state index contributed by atoms with van der Waals surface area (Å²) in [5.74, 6) is 0.877. The molecule has 0 saturated carbocycles. The molecule has 0 saturated heterocycles. The SMILES string of the molecule is COc1ccc([Se]C(c2ccccc2)n2nnc3ccccc32)cc1. The van der Waals surface area contributed by atoms with Gasteiger partial charge in [0, 0.05) is 0 Å². The van der Waals surface area contributed by atoms with Gasteiger partial charge in [0.2, 0.25) is 0 Å². The van der Waals surface area contributed by atoms with Crippen molar-refractivity contribution >= 4 is 30.5 Å². The fourth-order valence-corrected chi connectivity index (χ4v) is 5.03. The van der Waals surface area contributed by atoms with Crippen LogP contribution in [-0.4, -0.2) is 37.1 Å². The number of nitrogens with zero attached hydrogens (tertiary/aromatic N) is 3. The van der Waals surface area contributed by atoms with E-state index in [1.807, 2.05) is 36.4 Å². The molecule has 1 aromatic heterocycles. The van der Waals surface area contributed by atoms with E-state index in [4.69, 9.17) is 4.74 Å². The molecule has 0 N–H and O–H groups in total. The van der Waals surface area contributed by atoms with Crippen molar-refractivity contribution in [3.8, 4) is 5.75 Å². The summed E-state index contributed by atoms with van der Waals surface area (Å²) in [7, 11) is 1.69. The number of rotatable bonds is 5. The second-order valence-electron chi connectivity index (χ2n) is 5.58. The maximum absolute atomic E-state index is 5.27. The van der Waals surface area contributed by atoms with Gasteiger partial charge in [0.05, 0.1) is 0 Å². The third-order valence-corrected chi connectivity index (χ3v) is 6.59. The molecule has 5 heteroatoms. The van der Waals surface area contributed by atoms with Crippen molar-refractivity contribution in [2.45, 2.75) is 4.94 Å². The predicted molar refractivity (Wildman–Crippen MR) is 100 cm³/mol. The van der Waals surface area contributed by atoms with Gasteiger partial charge in [0.1, 0.15) is 0 Å². The molecule has 0 bridgehead atoms. The molecule has 1 unspecified atom stereocenters. The Morgan fingerprint density at radius 2 is 1.60 bits per heavy atom. The fourth-order valence-electron chi connectivity index (χ4n) is 2.72. The van der Waals surface area contributed by atoms with Crippen molar-refractivity contribution in [1.29, 1.82) is 0 Å². The van der Waals surface area contributed by atoms with Crippen molar-refractivity contribution in [3.05, 3.63) is 84.4 Å². The van der Waals surface area contributed by atoms with E-state index >= 15 is 0 Å². The quantitative estimate of drug-likeness (QED) is 0.489. The monoisotopic (exact) mass is 395 g/mol. The van der Waals surface area contributed by atoms with E-state index in [0.29, 0.717) is 0 Å². The molecular formula is C20H17N3OSe. The Morgan fingerprint density at radius 3 is 2.36 bits per heavy atom. The Balaban J connectivity index is 1.76. The average molecular weight is 394 g/mol. The minimum absolute atomic E-state index is 0.148. The predicted octanol–water partition coefficient (Wildman–Crippen LogP) is 3.02. The van der Waals surface area contributed by atoms with Gasteiger partial charge in [0.15, 0.2) is 0 Å². The third-order valence-electron chi connectivity index (χ3n) is 3.99. The third kappa shape index (κ3) is 3.29. The molecule has 1 atom stereocenters. The first-order valence-corrected chi connectivity index (χ1v) is 9.85. The number of para-hydroxylation sites is 1. The number of ether oxygens (including phenoxy) is 1. The Morgan fingerprint density at radius 1 is 0.880 bits per heavy atom. The second-order valence-corrected chi connectivity index (χ2v) is 8.00. The molecule has 4 nitrogen and oxygen atoms in total. The van der Waals surface area contributed by atoms with E-state index < -0.39 is 0 Å². The van der Waals surface area contributed by atoms with Gasteiger partial charge in [0.25, 0.3) is 0 Å². The summed E-state index contributed by atoms with van der Waals surface area (Å²) >= 11 is 0.157. The molecule has 4 aromatic rings. The van der Waals surface area contributed by atoms with E-state index in [9.17, 15) is 0 Å². The molecule has 0 radical (unpaired) electrons. The van der Waals surface area contributed by atoms with Crippen LogP contribution in [0.4, 0.5) is 0 Å². The van der Waals surface area contributed by atoms with E-state index in [1.54, 1.807) is 7.11 Å². The Bertz CT molecular complexity index is 967. The summed E-state index contributed by atoms with van der Waals surface area (Å²) < 4.78 is 8.61. The van der Waals surface area contributed by atoms with Crippen molar-refractivity contribution < 1.29 is 4.74 Å². The normalized spacial score (nSPS) is 12.2. The van der Waals surface area contributed by atoms with Gasteiger partial charge in [-0.25, -0.2) is 0 Å². The Kier molecular flexibility index (Phi) is 4.51. The van der Waals surface area contributed by atoms with Crippen LogP contribution >= 0.6 is 0 Å². The number of fused-ring (bicyclic) bond motifs is 1. The summed E-state index contributed by atoms with van der Waals surface area (Å²) in [4.78, 5) is 0.148. The van der Waals surface area contributed by atoms with Crippen molar-refractivity contribution in [3.63, 3.8) is 0 Å². The number of methoxy groups -OCH3 is 1. The standard InChI is InChI=1S/C20H17N3OSe/c1-24-16-11-13-17(14-12-16)25-20(15-7-3-2-4-8-15)23-19-10-6-5-9-18(19)21-22-23/h2-14,20H,1H3. The van der Waals surface area contributed by atoms with Gasteiger partial charge in [-0.1, -0.05) is 0 Å². The van der Waals surface area contributed by atoms with E-state index in [2.05, 4.69) is 57.5 Å². The molecule has 124 valence electrons. The summed E-state index contributed by atoms with van der Waals surface area (Å²) in [6.07, 6.45) is 0. The zero-order valence-electron chi connectivity index (χ0n) is 13.7. The van der Waals surface area contributed by atoms with Crippen LogP contribution in [0.25, 0.3) is 11.0 Å². The number of hydrogen-bond acceptors (Lipinski definition) is 3. The summed E-state index contributed by atoms with van der Waals surface area (Å²) in [5.41, 5.74) is 3.23. The molecule has 0 amide bonds. The van der Waals surface area contributed by atoms with Gasteiger partial charge in [-0.3, -0.25) is 0 Å². The van der Waals surface area contributed by atoms with Crippen LogP contribution in [0.1, 0.15) is 10.5 Å². The minimum atomic E-state index is 0.148. The van der Waals surface area contributed by atoms with Gasteiger partial charge in [-0.15, -0.1) is 0 Å². The first kappa shape index (κ1) is 15.9. The van der Waals surface area contributed by atoms with E-state index in [-0.39, 0.29) is 19.9 Å². The molecule has 0 aliphatic heterocycles. The Labute approximate surface area is 152 Å². The van der Waals surface area contributed by atoms with Crippen LogP contribution < -0.4 is 9.20 Å². The van der Waals surface area contributed by atoms with Gasteiger partial charge in [-0.2, -0.15) is 0 Å². The van der Waals surface area contributed by atoms with E-state index in [1.165, 1.54) is 10.0 Å². The molecule has 1 heterocycles. The fraction of sp³-hybridized carbons (Fsp3) is 0.100. The first-order chi connectivity index (χ1) is 12.3. The molecule has 3 aromatic carbocycles. The molecular weight excluding hydrogens is 377 g/mol. The van der Waals surface area contributed by atoms with Gasteiger partial charge in [-0.05, 0) is 0 Å². The van der Waals surface area contributed by atoms with Gasteiger partial charge >= 0.3 is 152 Å². The summed E-state index contributed by atoms with van der Waals surface area (Å²) in [5, 5.41) is 8.80. The molecule has 0 spiro atoms. The van der Waals surface area contributed by atoms with Crippen LogP contribution in [-0.2, 0) is 0 Å². The van der Waals surface area contributed by atoms with Crippen molar-refractivity contribution in [1.82, 2.24) is 15.0 Å². The van der Waals surface area contributed by atoms with Crippen LogP contribution in [0.2, 0.25) is 0 Å². The van der Waals surface area contributed by atoms with Crippen LogP contribution in [0, 0.1) is 0 Å². The summed E-state index contributed by atoms with van der Waals surface area (Å²) in [6.45, 7) is 0. The second kappa shape index (κ2) is 7.09. The summed E-state index contributed by atoms with van der Waals surface area (Å²) in [6, 6.07) is 26.9. The maximum atomic E-state index is 5.27. The van der Waals surface area contributed by atoms with Gasteiger partial charge < -0.3 is 0 Å². The molecule has 4 rings (SSSR count). The van der Waals surface area contributed by atoms with E-state index in [0.717, 1.165) is 16.8 Å². The Hall–Kier alpha value is -2.62. The number of hydrogen-bond donors (Lipinski definition) is 0. The zero-order valence-corrected chi connectivity index (χ0v) is 15.5. The molecule has 0 fully saturated rings. The first-order valence-electron chi connectivity index (χ1n) is 8.01.